The van der Waals surface area contributed by atoms with Crippen LogP contribution in [0.2, 0.25) is 0 Å². The van der Waals surface area contributed by atoms with Crippen molar-refractivity contribution in [2.45, 2.75) is 58.5 Å². The molecule has 5 heteroatoms. The largest absolute Gasteiger partial charge is 0.497 e. The highest BCUT2D eigenvalue weighted by molar-refractivity contribution is 5.86. The van der Waals surface area contributed by atoms with Crippen molar-refractivity contribution in [3.05, 3.63) is 69.5 Å². The number of ether oxygens (including phenoxy) is 2. The van der Waals surface area contributed by atoms with Gasteiger partial charge in [0.15, 0.2) is 0 Å². The summed E-state index contributed by atoms with van der Waals surface area (Å²) in [6.45, 7) is 8.26. The van der Waals surface area contributed by atoms with E-state index in [1.807, 2.05) is 26.0 Å². The van der Waals surface area contributed by atoms with Gasteiger partial charge in [-0.1, -0.05) is 18.6 Å². The lowest BCUT2D eigenvalue weighted by atomic mass is 9.84. The molecule has 2 aromatic heterocycles. The van der Waals surface area contributed by atoms with Gasteiger partial charge in [-0.25, -0.2) is 4.79 Å². The van der Waals surface area contributed by atoms with Gasteiger partial charge in [0.2, 0.25) is 0 Å². The molecule has 2 atom stereocenters. The first-order chi connectivity index (χ1) is 14.3. The van der Waals surface area contributed by atoms with Gasteiger partial charge in [0.25, 0.3) is 0 Å². The standard InChI is InChI=1S/C25H28O5/c1-15(11-19-12-16(2)14-28-19)7-6-10-25(4)17(3)22-23(30-25)20-9-8-18(27-5)13-21(20)29-24(22)26/h7-9,12-14,17H,6,10-11H2,1-5H3/t17-,25-/m1/s1. The summed E-state index contributed by atoms with van der Waals surface area (Å²) in [6, 6.07) is 7.54. The molecule has 1 aliphatic heterocycles. The number of hydrogen-bond donors (Lipinski definition) is 0. The summed E-state index contributed by atoms with van der Waals surface area (Å²) < 4.78 is 22.8. The van der Waals surface area contributed by atoms with Crippen molar-refractivity contribution in [1.29, 1.82) is 0 Å². The van der Waals surface area contributed by atoms with Crippen LogP contribution < -0.4 is 15.1 Å². The van der Waals surface area contributed by atoms with E-state index in [1.54, 1.807) is 19.4 Å². The normalized spacial score (nSPS) is 21.0. The Labute approximate surface area is 176 Å². The van der Waals surface area contributed by atoms with Crippen molar-refractivity contribution in [2.24, 2.45) is 0 Å². The summed E-state index contributed by atoms with van der Waals surface area (Å²) in [5.74, 6) is 2.21. The van der Waals surface area contributed by atoms with Gasteiger partial charge in [-0.15, -0.1) is 0 Å². The van der Waals surface area contributed by atoms with E-state index < -0.39 is 5.60 Å². The summed E-state index contributed by atoms with van der Waals surface area (Å²) in [6.07, 6.45) is 6.47. The predicted molar refractivity (Wildman–Crippen MR) is 117 cm³/mol. The minimum absolute atomic E-state index is 0.0586. The molecule has 0 spiro atoms. The van der Waals surface area contributed by atoms with Gasteiger partial charge in [0.1, 0.15) is 28.4 Å². The first-order valence-electron chi connectivity index (χ1n) is 10.3. The molecule has 0 radical (unpaired) electrons. The number of hydrogen-bond acceptors (Lipinski definition) is 5. The highest BCUT2D eigenvalue weighted by Crippen LogP contribution is 2.48. The molecule has 1 aliphatic rings. The summed E-state index contributed by atoms with van der Waals surface area (Å²) in [5.41, 5.74) is 2.71. The number of methoxy groups -OCH3 is 1. The predicted octanol–water partition coefficient (Wildman–Crippen LogP) is 5.93. The van der Waals surface area contributed by atoms with Crippen LogP contribution in [0, 0.1) is 6.92 Å². The molecule has 0 fully saturated rings. The van der Waals surface area contributed by atoms with Crippen LogP contribution in [0.4, 0.5) is 0 Å². The van der Waals surface area contributed by atoms with Crippen LogP contribution in [0.25, 0.3) is 11.0 Å². The fourth-order valence-electron chi connectivity index (χ4n) is 4.21. The molecule has 0 unspecified atom stereocenters. The van der Waals surface area contributed by atoms with E-state index >= 15 is 0 Å². The second-order valence-electron chi connectivity index (χ2n) is 8.49. The minimum atomic E-state index is -0.469. The molecule has 30 heavy (non-hydrogen) atoms. The molecule has 0 bridgehead atoms. The Bertz CT molecular complexity index is 1170. The van der Waals surface area contributed by atoms with Crippen LogP contribution >= 0.6 is 0 Å². The second kappa shape index (κ2) is 7.71. The maximum atomic E-state index is 12.7. The third kappa shape index (κ3) is 3.64. The molecular formula is C25H28O5. The van der Waals surface area contributed by atoms with Crippen molar-refractivity contribution < 1.29 is 18.3 Å². The zero-order valence-electron chi connectivity index (χ0n) is 18.2. The zero-order chi connectivity index (χ0) is 21.5. The molecule has 0 aliphatic carbocycles. The van der Waals surface area contributed by atoms with E-state index in [2.05, 4.69) is 26.0 Å². The van der Waals surface area contributed by atoms with Gasteiger partial charge in [0.05, 0.1) is 24.3 Å². The quantitative estimate of drug-likeness (QED) is 0.374. The number of allylic oxidation sites excluding steroid dienone is 2. The van der Waals surface area contributed by atoms with Crippen LogP contribution in [0.15, 0.2) is 55.8 Å². The molecule has 5 nitrogen and oxygen atoms in total. The summed E-state index contributed by atoms with van der Waals surface area (Å²) in [7, 11) is 1.59. The fourth-order valence-corrected chi connectivity index (χ4v) is 4.21. The Morgan fingerprint density at radius 1 is 1.30 bits per heavy atom. The van der Waals surface area contributed by atoms with Crippen molar-refractivity contribution in [3.63, 3.8) is 0 Å². The van der Waals surface area contributed by atoms with Gasteiger partial charge in [-0.05, 0) is 57.4 Å². The summed E-state index contributed by atoms with van der Waals surface area (Å²) >= 11 is 0. The number of aryl methyl sites for hydroxylation is 1. The molecule has 0 saturated heterocycles. The van der Waals surface area contributed by atoms with Gasteiger partial charge in [-0.3, -0.25) is 0 Å². The average molecular weight is 408 g/mol. The SMILES string of the molecule is COc1ccc2c3c(c(=O)oc2c1)[C@@H](C)[C@@](C)(CCC=C(C)Cc1cc(C)co1)O3. The smallest absolute Gasteiger partial charge is 0.343 e. The number of rotatable bonds is 6. The summed E-state index contributed by atoms with van der Waals surface area (Å²) in [4.78, 5) is 12.7. The Morgan fingerprint density at radius 3 is 2.80 bits per heavy atom. The monoisotopic (exact) mass is 408 g/mol. The van der Waals surface area contributed by atoms with E-state index in [0.717, 1.165) is 36.0 Å². The van der Waals surface area contributed by atoms with Crippen molar-refractivity contribution >= 4 is 11.0 Å². The van der Waals surface area contributed by atoms with E-state index in [9.17, 15) is 4.79 Å². The molecule has 3 aromatic rings. The Hall–Kier alpha value is -2.95. The molecule has 0 amide bonds. The van der Waals surface area contributed by atoms with E-state index in [4.69, 9.17) is 18.3 Å². The first kappa shape index (κ1) is 20.3. The maximum Gasteiger partial charge on any atom is 0.343 e. The number of furan rings is 1. The molecule has 4 rings (SSSR count). The Kier molecular flexibility index (Phi) is 5.22. The van der Waals surface area contributed by atoms with Crippen LogP contribution in [0.3, 0.4) is 0 Å². The lowest BCUT2D eigenvalue weighted by molar-refractivity contribution is 0.0862. The first-order valence-corrected chi connectivity index (χ1v) is 10.3. The van der Waals surface area contributed by atoms with Gasteiger partial charge >= 0.3 is 5.63 Å². The molecule has 158 valence electrons. The second-order valence-corrected chi connectivity index (χ2v) is 8.49. The van der Waals surface area contributed by atoms with Crippen LogP contribution in [0.5, 0.6) is 11.5 Å². The highest BCUT2D eigenvalue weighted by atomic mass is 16.5. The summed E-state index contributed by atoms with van der Waals surface area (Å²) in [5, 5.41) is 0.806. The number of benzene rings is 1. The zero-order valence-corrected chi connectivity index (χ0v) is 18.2. The van der Waals surface area contributed by atoms with Gasteiger partial charge in [0, 0.05) is 18.4 Å². The van der Waals surface area contributed by atoms with Crippen LogP contribution in [-0.2, 0) is 6.42 Å². The van der Waals surface area contributed by atoms with E-state index in [1.165, 1.54) is 5.57 Å². The third-order valence-electron chi connectivity index (χ3n) is 6.16. The van der Waals surface area contributed by atoms with Crippen LogP contribution in [0.1, 0.15) is 56.4 Å². The fraction of sp³-hybridized carbons (Fsp3) is 0.400. The van der Waals surface area contributed by atoms with E-state index in [-0.39, 0.29) is 11.5 Å². The van der Waals surface area contributed by atoms with Crippen LogP contribution in [-0.4, -0.2) is 12.7 Å². The molecule has 1 aromatic carbocycles. The van der Waals surface area contributed by atoms with Gasteiger partial charge < -0.3 is 18.3 Å². The molecule has 3 heterocycles. The number of fused-ring (bicyclic) bond motifs is 3. The average Bonchev–Trinajstić information content (AvgIpc) is 3.22. The Morgan fingerprint density at radius 2 is 2.10 bits per heavy atom. The van der Waals surface area contributed by atoms with Crippen molar-refractivity contribution in [2.75, 3.05) is 7.11 Å². The van der Waals surface area contributed by atoms with Crippen molar-refractivity contribution in [3.8, 4) is 11.5 Å². The molecule has 0 N–H and O–H groups in total. The topological polar surface area (TPSA) is 61.8 Å². The maximum absolute atomic E-state index is 12.7. The Balaban J connectivity index is 1.54. The molecular weight excluding hydrogens is 380 g/mol. The third-order valence-corrected chi connectivity index (χ3v) is 6.16. The highest BCUT2D eigenvalue weighted by Gasteiger charge is 2.44. The van der Waals surface area contributed by atoms with E-state index in [0.29, 0.717) is 22.6 Å². The lowest BCUT2D eigenvalue weighted by Gasteiger charge is -2.28. The van der Waals surface area contributed by atoms with Crippen molar-refractivity contribution in [1.82, 2.24) is 0 Å². The molecule has 0 saturated carbocycles. The lowest BCUT2D eigenvalue weighted by Crippen LogP contribution is -2.33. The van der Waals surface area contributed by atoms with Gasteiger partial charge in [-0.2, -0.15) is 0 Å². The minimum Gasteiger partial charge on any atom is -0.497 e.